The summed E-state index contributed by atoms with van der Waals surface area (Å²) in [5.74, 6) is 1.52. The zero-order valence-corrected chi connectivity index (χ0v) is 13.2. The summed E-state index contributed by atoms with van der Waals surface area (Å²) in [5.41, 5.74) is 0. The van der Waals surface area contributed by atoms with E-state index < -0.39 is 0 Å². The fraction of sp³-hybridized carbons (Fsp3) is 1.00. The lowest BCUT2D eigenvalue weighted by Crippen LogP contribution is -2.48. The topological polar surface area (TPSA) is 18.5 Å². The first-order valence-corrected chi connectivity index (χ1v) is 7.50. The van der Waals surface area contributed by atoms with Gasteiger partial charge in [0.25, 0.3) is 0 Å². The highest BCUT2D eigenvalue weighted by atomic mass is 15.1. The molecule has 1 N–H and O–H groups in total. The molecule has 1 heterocycles. The van der Waals surface area contributed by atoms with Crippen molar-refractivity contribution in [3.63, 3.8) is 0 Å². The number of likely N-dealkylation sites (N-methyl/N-ethyl adjacent to an activating group) is 1. The van der Waals surface area contributed by atoms with E-state index in [1.54, 1.807) is 0 Å². The highest BCUT2D eigenvalue weighted by Gasteiger charge is 2.24. The number of rotatable bonds is 6. The number of piperidine rings is 1. The van der Waals surface area contributed by atoms with Crippen molar-refractivity contribution >= 4 is 0 Å². The van der Waals surface area contributed by atoms with E-state index in [9.17, 15) is 0 Å². The highest BCUT2D eigenvalue weighted by molar-refractivity contribution is 4.81. The van der Waals surface area contributed by atoms with E-state index in [1.807, 2.05) is 0 Å². The van der Waals surface area contributed by atoms with Gasteiger partial charge in [0.15, 0.2) is 0 Å². The highest BCUT2D eigenvalue weighted by Crippen LogP contribution is 2.18. The maximum atomic E-state index is 3.77. The number of hydrogen-bond acceptors (Lipinski definition) is 3. The van der Waals surface area contributed by atoms with Gasteiger partial charge in [-0.15, -0.1) is 0 Å². The molecule has 3 unspecified atom stereocenters. The van der Waals surface area contributed by atoms with Crippen molar-refractivity contribution in [1.82, 2.24) is 15.1 Å². The molecule has 3 nitrogen and oxygen atoms in total. The number of nitrogens with one attached hydrogen (secondary N) is 1. The smallest absolute Gasteiger partial charge is 0.0237 e. The van der Waals surface area contributed by atoms with Crippen molar-refractivity contribution in [2.75, 3.05) is 40.8 Å². The molecule has 1 fully saturated rings. The molecule has 108 valence electrons. The molecule has 1 saturated heterocycles. The Bertz CT molecular complexity index is 220. The first-order valence-electron chi connectivity index (χ1n) is 7.50. The minimum Gasteiger partial charge on any atom is -0.312 e. The van der Waals surface area contributed by atoms with Gasteiger partial charge in [0.05, 0.1) is 0 Å². The maximum Gasteiger partial charge on any atom is 0.0237 e. The Hall–Kier alpha value is -0.120. The van der Waals surface area contributed by atoms with Crippen LogP contribution in [0.15, 0.2) is 0 Å². The minimum atomic E-state index is 0.633. The molecule has 3 atom stereocenters. The Kier molecular flexibility index (Phi) is 6.61. The Morgan fingerprint density at radius 1 is 1.28 bits per heavy atom. The molecule has 0 aromatic carbocycles. The van der Waals surface area contributed by atoms with Crippen LogP contribution in [0, 0.1) is 11.8 Å². The van der Waals surface area contributed by atoms with Gasteiger partial charge in [0, 0.05) is 25.2 Å². The van der Waals surface area contributed by atoms with Gasteiger partial charge in [-0.2, -0.15) is 0 Å². The Labute approximate surface area is 114 Å². The molecule has 1 aliphatic heterocycles. The molecule has 0 radical (unpaired) electrons. The quantitative estimate of drug-likeness (QED) is 0.782. The lowest BCUT2D eigenvalue weighted by Gasteiger charge is -2.36. The van der Waals surface area contributed by atoms with Gasteiger partial charge >= 0.3 is 0 Å². The van der Waals surface area contributed by atoms with Crippen LogP contribution in [-0.4, -0.2) is 62.7 Å². The van der Waals surface area contributed by atoms with Crippen molar-refractivity contribution in [3.05, 3.63) is 0 Å². The van der Waals surface area contributed by atoms with Gasteiger partial charge in [-0.1, -0.05) is 13.8 Å². The maximum absolute atomic E-state index is 3.77. The van der Waals surface area contributed by atoms with Crippen molar-refractivity contribution in [2.24, 2.45) is 11.8 Å². The third-order valence-electron chi connectivity index (χ3n) is 4.45. The van der Waals surface area contributed by atoms with Crippen molar-refractivity contribution in [3.8, 4) is 0 Å². The normalized spacial score (nSPS) is 25.7. The minimum absolute atomic E-state index is 0.633. The van der Waals surface area contributed by atoms with Gasteiger partial charge in [-0.25, -0.2) is 0 Å². The van der Waals surface area contributed by atoms with Crippen LogP contribution in [0.3, 0.4) is 0 Å². The third kappa shape index (κ3) is 4.87. The van der Waals surface area contributed by atoms with E-state index in [2.05, 4.69) is 57.0 Å². The molecule has 0 aromatic rings. The molecule has 0 amide bonds. The van der Waals surface area contributed by atoms with Gasteiger partial charge in [-0.3, -0.25) is 0 Å². The summed E-state index contributed by atoms with van der Waals surface area (Å²) in [6.07, 6.45) is 2.74. The third-order valence-corrected chi connectivity index (χ3v) is 4.45. The van der Waals surface area contributed by atoms with Crippen LogP contribution in [0.1, 0.15) is 33.6 Å². The van der Waals surface area contributed by atoms with Crippen molar-refractivity contribution in [2.45, 2.75) is 45.7 Å². The van der Waals surface area contributed by atoms with E-state index in [0.717, 1.165) is 12.5 Å². The van der Waals surface area contributed by atoms with Crippen LogP contribution < -0.4 is 5.32 Å². The molecule has 0 bridgehead atoms. The fourth-order valence-electron chi connectivity index (χ4n) is 3.10. The Morgan fingerprint density at radius 3 is 2.44 bits per heavy atom. The monoisotopic (exact) mass is 255 g/mol. The second kappa shape index (κ2) is 7.46. The summed E-state index contributed by atoms with van der Waals surface area (Å²) in [5, 5.41) is 3.77. The molecule has 18 heavy (non-hydrogen) atoms. The van der Waals surface area contributed by atoms with Crippen LogP contribution in [0.25, 0.3) is 0 Å². The summed E-state index contributed by atoms with van der Waals surface area (Å²) in [6, 6.07) is 1.27. The van der Waals surface area contributed by atoms with E-state index in [4.69, 9.17) is 0 Å². The lowest BCUT2D eigenvalue weighted by atomic mass is 9.91. The predicted molar refractivity (Wildman–Crippen MR) is 80.0 cm³/mol. The van der Waals surface area contributed by atoms with E-state index in [-0.39, 0.29) is 0 Å². The number of likely N-dealkylation sites (tertiary alicyclic amines) is 1. The molecule has 3 heteroatoms. The molecule has 0 saturated carbocycles. The average Bonchev–Trinajstić information content (AvgIpc) is 2.28. The fourth-order valence-corrected chi connectivity index (χ4v) is 3.10. The van der Waals surface area contributed by atoms with E-state index >= 15 is 0 Å². The van der Waals surface area contributed by atoms with Crippen molar-refractivity contribution < 1.29 is 0 Å². The van der Waals surface area contributed by atoms with Crippen LogP contribution in [0.2, 0.25) is 0 Å². The average molecular weight is 255 g/mol. The van der Waals surface area contributed by atoms with Crippen LogP contribution in [0.4, 0.5) is 0 Å². The number of hydrogen-bond donors (Lipinski definition) is 1. The van der Waals surface area contributed by atoms with Gasteiger partial charge in [0.1, 0.15) is 0 Å². The zero-order chi connectivity index (χ0) is 13.7. The second-order valence-corrected chi connectivity index (χ2v) is 6.64. The molecular formula is C15H33N3. The molecule has 0 aliphatic carbocycles. The standard InChI is InChI=1S/C15H33N3/c1-12(2)15(17(4)5)10-16-13(3)14-8-7-9-18(6)11-14/h12-16H,7-11H2,1-6H3. The summed E-state index contributed by atoms with van der Waals surface area (Å²) in [6.45, 7) is 10.6. The Morgan fingerprint density at radius 2 is 1.94 bits per heavy atom. The first-order chi connectivity index (χ1) is 8.41. The van der Waals surface area contributed by atoms with Crippen LogP contribution in [-0.2, 0) is 0 Å². The molecule has 1 aliphatic rings. The lowest BCUT2D eigenvalue weighted by molar-refractivity contribution is 0.164. The zero-order valence-electron chi connectivity index (χ0n) is 13.2. The van der Waals surface area contributed by atoms with Gasteiger partial charge in [-0.05, 0) is 59.3 Å². The van der Waals surface area contributed by atoms with E-state index in [1.165, 1.54) is 25.9 Å². The summed E-state index contributed by atoms with van der Waals surface area (Å²) in [4.78, 5) is 4.82. The predicted octanol–water partition coefficient (Wildman–Crippen LogP) is 1.89. The SMILES string of the molecule is CC(C)C(CNC(C)C1CCCN(C)C1)N(C)C. The van der Waals surface area contributed by atoms with Crippen molar-refractivity contribution in [1.29, 1.82) is 0 Å². The molecular weight excluding hydrogens is 222 g/mol. The molecule has 0 aromatic heterocycles. The summed E-state index contributed by atoms with van der Waals surface area (Å²) in [7, 11) is 6.62. The molecule has 1 rings (SSSR count). The summed E-state index contributed by atoms with van der Waals surface area (Å²) >= 11 is 0. The van der Waals surface area contributed by atoms with Gasteiger partial charge in [0.2, 0.25) is 0 Å². The van der Waals surface area contributed by atoms with Crippen LogP contribution >= 0.6 is 0 Å². The summed E-state index contributed by atoms with van der Waals surface area (Å²) < 4.78 is 0. The van der Waals surface area contributed by atoms with Crippen LogP contribution in [0.5, 0.6) is 0 Å². The van der Waals surface area contributed by atoms with Gasteiger partial charge < -0.3 is 15.1 Å². The largest absolute Gasteiger partial charge is 0.312 e. The first kappa shape index (κ1) is 15.9. The van der Waals surface area contributed by atoms with E-state index in [0.29, 0.717) is 18.0 Å². The molecule has 0 spiro atoms. The number of nitrogens with zero attached hydrogens (tertiary/aromatic N) is 2. The Balaban J connectivity index is 2.37. The second-order valence-electron chi connectivity index (χ2n) is 6.64.